The van der Waals surface area contributed by atoms with Gasteiger partial charge in [-0.05, 0) is 38.7 Å². The number of hydrogen-bond donors (Lipinski definition) is 0. The fourth-order valence-corrected chi connectivity index (χ4v) is 4.86. The Morgan fingerprint density at radius 1 is 0.529 bits per heavy atom. The Morgan fingerprint density at radius 3 is 1.56 bits per heavy atom. The van der Waals surface area contributed by atoms with E-state index in [1.807, 2.05) is 0 Å². The molecule has 34 heavy (non-hydrogen) atoms. The predicted molar refractivity (Wildman–Crippen MR) is 140 cm³/mol. The molecule has 0 aromatic heterocycles. The minimum absolute atomic E-state index is 0.738. The van der Waals surface area contributed by atoms with Gasteiger partial charge >= 0.3 is 0 Å². The van der Waals surface area contributed by atoms with Crippen LogP contribution in [0.2, 0.25) is 0 Å². The van der Waals surface area contributed by atoms with Gasteiger partial charge in [-0.25, -0.2) is 0 Å². The van der Waals surface area contributed by atoms with Gasteiger partial charge in [-0.15, -0.1) is 0 Å². The second-order valence-corrected chi connectivity index (χ2v) is 9.06. The van der Waals surface area contributed by atoms with Gasteiger partial charge in [-0.3, -0.25) is 9.80 Å². The van der Waals surface area contributed by atoms with Crippen LogP contribution in [0, 0.1) is 0 Å². The van der Waals surface area contributed by atoms with Crippen molar-refractivity contribution in [2.24, 2.45) is 0 Å². The number of benzene rings is 4. The zero-order valence-electron chi connectivity index (χ0n) is 19.9. The van der Waals surface area contributed by atoms with Crippen LogP contribution in [0.5, 0.6) is 0 Å². The Kier molecular flexibility index (Phi) is 7.84. The number of ether oxygens (including phenoxy) is 2. The lowest BCUT2D eigenvalue weighted by Crippen LogP contribution is -2.35. The molecule has 1 aliphatic heterocycles. The van der Waals surface area contributed by atoms with Crippen LogP contribution in [0.1, 0.15) is 11.1 Å². The van der Waals surface area contributed by atoms with Crippen LogP contribution in [-0.2, 0) is 22.6 Å². The maximum atomic E-state index is 6.09. The summed E-state index contributed by atoms with van der Waals surface area (Å²) in [5.74, 6) is 0. The largest absolute Gasteiger partial charge is 0.379 e. The van der Waals surface area contributed by atoms with E-state index in [0.717, 1.165) is 65.7 Å². The third kappa shape index (κ3) is 5.83. The summed E-state index contributed by atoms with van der Waals surface area (Å²) in [5, 5.41) is 5.28. The summed E-state index contributed by atoms with van der Waals surface area (Å²) in [7, 11) is 0. The van der Waals surface area contributed by atoms with Crippen molar-refractivity contribution >= 4 is 21.5 Å². The Morgan fingerprint density at radius 2 is 1.00 bits per heavy atom. The van der Waals surface area contributed by atoms with Gasteiger partial charge in [0.2, 0.25) is 0 Å². The summed E-state index contributed by atoms with van der Waals surface area (Å²) in [5.41, 5.74) is 2.73. The van der Waals surface area contributed by atoms with Gasteiger partial charge in [0, 0.05) is 39.3 Å². The van der Waals surface area contributed by atoms with Crippen molar-refractivity contribution < 1.29 is 9.47 Å². The van der Waals surface area contributed by atoms with Crippen molar-refractivity contribution in [2.75, 3.05) is 52.6 Å². The number of fused-ring (bicyclic) bond motifs is 2. The first-order valence-electron chi connectivity index (χ1n) is 12.4. The molecule has 4 heteroatoms. The summed E-state index contributed by atoms with van der Waals surface area (Å²) >= 11 is 0. The molecule has 0 N–H and O–H groups in total. The van der Waals surface area contributed by atoms with Crippen molar-refractivity contribution in [3.63, 3.8) is 0 Å². The van der Waals surface area contributed by atoms with Gasteiger partial charge in [-0.1, -0.05) is 78.9 Å². The molecule has 0 aliphatic carbocycles. The molecule has 0 bridgehead atoms. The van der Waals surface area contributed by atoms with Crippen molar-refractivity contribution in [3.8, 4) is 0 Å². The summed E-state index contributed by atoms with van der Waals surface area (Å²) < 4.78 is 12.2. The molecule has 4 nitrogen and oxygen atoms in total. The van der Waals surface area contributed by atoms with E-state index in [0.29, 0.717) is 0 Å². The molecular weight excluding hydrogens is 420 g/mol. The van der Waals surface area contributed by atoms with Crippen LogP contribution in [-0.4, -0.2) is 62.4 Å². The highest BCUT2D eigenvalue weighted by atomic mass is 16.5. The lowest BCUT2D eigenvalue weighted by atomic mass is 9.96. The average Bonchev–Trinajstić information content (AvgIpc) is 2.87. The average molecular weight is 455 g/mol. The zero-order chi connectivity index (χ0) is 23.0. The first-order valence-corrected chi connectivity index (χ1v) is 12.4. The zero-order valence-corrected chi connectivity index (χ0v) is 19.9. The van der Waals surface area contributed by atoms with Gasteiger partial charge < -0.3 is 9.47 Å². The van der Waals surface area contributed by atoms with E-state index >= 15 is 0 Å². The highest BCUT2D eigenvalue weighted by Crippen LogP contribution is 2.29. The van der Waals surface area contributed by atoms with Gasteiger partial charge in [0.1, 0.15) is 0 Å². The normalized spacial score (nSPS) is 17.4. The monoisotopic (exact) mass is 454 g/mol. The lowest BCUT2D eigenvalue weighted by Gasteiger charge is -2.27. The van der Waals surface area contributed by atoms with Crippen LogP contribution in [0.4, 0.5) is 0 Å². The van der Waals surface area contributed by atoms with Gasteiger partial charge in [-0.2, -0.15) is 0 Å². The van der Waals surface area contributed by atoms with E-state index in [1.54, 1.807) is 0 Å². The highest BCUT2D eigenvalue weighted by Gasteiger charge is 2.14. The van der Waals surface area contributed by atoms with E-state index in [9.17, 15) is 0 Å². The third-order valence-electron chi connectivity index (χ3n) is 6.72. The van der Waals surface area contributed by atoms with Gasteiger partial charge in [0.05, 0.1) is 26.4 Å². The van der Waals surface area contributed by atoms with Crippen molar-refractivity contribution in [2.45, 2.75) is 13.1 Å². The molecule has 1 fully saturated rings. The maximum absolute atomic E-state index is 6.09. The predicted octanol–water partition coefficient (Wildman–Crippen LogP) is 5.34. The summed E-state index contributed by atoms with van der Waals surface area (Å²) in [6.07, 6.45) is 0. The van der Waals surface area contributed by atoms with Crippen molar-refractivity contribution in [3.05, 3.63) is 96.1 Å². The first kappa shape index (κ1) is 23.0. The van der Waals surface area contributed by atoms with Gasteiger partial charge in [0.15, 0.2) is 0 Å². The van der Waals surface area contributed by atoms with Crippen LogP contribution >= 0.6 is 0 Å². The third-order valence-corrected chi connectivity index (χ3v) is 6.72. The van der Waals surface area contributed by atoms with E-state index in [2.05, 4.69) is 94.7 Å². The Hall–Kier alpha value is -2.76. The molecule has 0 unspecified atom stereocenters. The Labute approximate surface area is 202 Å². The minimum Gasteiger partial charge on any atom is -0.379 e. The summed E-state index contributed by atoms with van der Waals surface area (Å²) in [4.78, 5) is 4.91. The SMILES string of the molecule is c1ccc(CN2CCOCCN(Cc3c4ccccc4cc4ccccc34)CCOCC2)cc1. The lowest BCUT2D eigenvalue weighted by molar-refractivity contribution is 0.0344. The molecule has 4 aromatic carbocycles. The smallest absolute Gasteiger partial charge is 0.0594 e. The molecule has 1 saturated heterocycles. The Balaban J connectivity index is 1.26. The second kappa shape index (κ2) is 11.6. The highest BCUT2D eigenvalue weighted by molar-refractivity contribution is 6.02. The molecule has 1 heterocycles. The standard InChI is InChI=1S/C30H34N2O2/c1-2-8-25(9-3-1)23-31-14-18-33-20-16-32(17-21-34-19-15-31)24-30-28-12-6-4-10-26(28)22-27-11-5-7-13-29(27)30/h1-13,22H,14-21,23-24H2. The number of nitrogens with zero attached hydrogens (tertiary/aromatic N) is 2. The number of rotatable bonds is 4. The molecule has 4 aromatic rings. The Bertz CT molecular complexity index is 1130. The van der Waals surface area contributed by atoms with E-state index in [1.165, 1.54) is 32.7 Å². The summed E-state index contributed by atoms with van der Waals surface area (Å²) in [6, 6.07) is 30.4. The summed E-state index contributed by atoms with van der Waals surface area (Å²) in [6.45, 7) is 8.46. The molecule has 176 valence electrons. The van der Waals surface area contributed by atoms with Crippen molar-refractivity contribution in [1.82, 2.24) is 9.80 Å². The fraction of sp³-hybridized carbons (Fsp3) is 0.333. The molecule has 0 amide bonds. The van der Waals surface area contributed by atoms with Crippen LogP contribution in [0.3, 0.4) is 0 Å². The fourth-order valence-electron chi connectivity index (χ4n) is 4.86. The molecule has 0 atom stereocenters. The minimum atomic E-state index is 0.738. The van der Waals surface area contributed by atoms with Crippen LogP contribution in [0.25, 0.3) is 21.5 Å². The molecule has 5 rings (SSSR count). The molecule has 0 spiro atoms. The second-order valence-electron chi connectivity index (χ2n) is 9.06. The molecule has 0 radical (unpaired) electrons. The molecule has 1 aliphatic rings. The first-order chi connectivity index (χ1) is 16.9. The topological polar surface area (TPSA) is 24.9 Å². The van der Waals surface area contributed by atoms with Crippen molar-refractivity contribution in [1.29, 1.82) is 0 Å². The van der Waals surface area contributed by atoms with E-state index in [-0.39, 0.29) is 0 Å². The van der Waals surface area contributed by atoms with Crippen LogP contribution < -0.4 is 0 Å². The molecule has 0 saturated carbocycles. The van der Waals surface area contributed by atoms with Gasteiger partial charge in [0.25, 0.3) is 0 Å². The van der Waals surface area contributed by atoms with E-state index in [4.69, 9.17) is 9.47 Å². The number of hydrogen-bond acceptors (Lipinski definition) is 4. The van der Waals surface area contributed by atoms with Crippen LogP contribution in [0.15, 0.2) is 84.9 Å². The molecular formula is C30H34N2O2. The van der Waals surface area contributed by atoms with E-state index < -0.39 is 0 Å². The maximum Gasteiger partial charge on any atom is 0.0594 e. The quantitative estimate of drug-likeness (QED) is 0.389.